The van der Waals surface area contributed by atoms with E-state index < -0.39 is 41.6 Å². The lowest BCUT2D eigenvalue weighted by Crippen LogP contribution is -2.44. The number of aryl methyl sites for hydroxylation is 1. The largest absolute Gasteiger partial charge is 0.340 e. The van der Waals surface area contributed by atoms with Crippen molar-refractivity contribution in [3.63, 3.8) is 0 Å². The van der Waals surface area contributed by atoms with Crippen molar-refractivity contribution in [2.45, 2.75) is 32.4 Å². The molecule has 0 aromatic heterocycles. The molecular weight excluding hydrogens is 392 g/mol. The summed E-state index contributed by atoms with van der Waals surface area (Å²) in [5.74, 6) is -2.83. The van der Waals surface area contributed by atoms with Crippen LogP contribution < -0.4 is 5.32 Å². The van der Waals surface area contributed by atoms with Crippen LogP contribution in [0.25, 0.3) is 0 Å². The third-order valence-corrected chi connectivity index (χ3v) is 5.31. The third-order valence-electron chi connectivity index (χ3n) is 5.31. The molecule has 3 rings (SSSR count). The van der Waals surface area contributed by atoms with Crippen LogP contribution in [-0.4, -0.2) is 41.2 Å². The number of amides is 4. The summed E-state index contributed by atoms with van der Waals surface area (Å²) < 4.78 is 27.8. The molecule has 1 fully saturated rings. The van der Waals surface area contributed by atoms with E-state index in [1.807, 2.05) is 31.2 Å². The summed E-state index contributed by atoms with van der Waals surface area (Å²) in [6.07, 6.45) is 0.909. The molecule has 4 amide bonds. The number of likely N-dealkylation sites (N-methyl/N-ethyl adjacent to an activating group) is 1. The average molecular weight is 415 g/mol. The van der Waals surface area contributed by atoms with Crippen molar-refractivity contribution in [1.82, 2.24) is 15.1 Å². The lowest BCUT2D eigenvalue weighted by Gasteiger charge is -2.23. The van der Waals surface area contributed by atoms with Gasteiger partial charge in [0.25, 0.3) is 5.91 Å². The van der Waals surface area contributed by atoms with Gasteiger partial charge in [0.05, 0.1) is 0 Å². The second-order valence-electron chi connectivity index (χ2n) is 7.49. The van der Waals surface area contributed by atoms with Crippen molar-refractivity contribution >= 4 is 17.8 Å². The number of hydrogen-bond donors (Lipinski definition) is 1. The number of rotatable bonds is 6. The van der Waals surface area contributed by atoms with E-state index >= 15 is 0 Å². The summed E-state index contributed by atoms with van der Waals surface area (Å²) >= 11 is 0. The first-order valence-corrected chi connectivity index (χ1v) is 9.57. The van der Waals surface area contributed by atoms with Crippen LogP contribution in [0.3, 0.4) is 0 Å². The van der Waals surface area contributed by atoms with Gasteiger partial charge in [-0.2, -0.15) is 0 Å². The van der Waals surface area contributed by atoms with Crippen LogP contribution >= 0.6 is 0 Å². The number of nitrogens with zero attached hydrogens (tertiary/aromatic N) is 2. The Morgan fingerprint density at radius 1 is 1.10 bits per heavy atom. The summed E-state index contributed by atoms with van der Waals surface area (Å²) in [6, 6.07) is 9.63. The van der Waals surface area contributed by atoms with Crippen LogP contribution in [0.1, 0.15) is 30.5 Å². The van der Waals surface area contributed by atoms with Crippen molar-refractivity contribution < 1.29 is 23.2 Å². The van der Waals surface area contributed by atoms with Gasteiger partial charge in [-0.25, -0.2) is 13.6 Å². The van der Waals surface area contributed by atoms with E-state index in [-0.39, 0.29) is 5.56 Å². The molecule has 0 spiro atoms. The molecule has 1 aliphatic rings. The molecule has 158 valence electrons. The number of benzene rings is 2. The second-order valence-corrected chi connectivity index (χ2v) is 7.49. The predicted molar refractivity (Wildman–Crippen MR) is 106 cm³/mol. The Labute approximate surface area is 173 Å². The molecule has 2 aromatic rings. The van der Waals surface area contributed by atoms with Gasteiger partial charge in [-0.1, -0.05) is 31.2 Å². The molecule has 6 nitrogen and oxygen atoms in total. The molecule has 0 bridgehead atoms. The van der Waals surface area contributed by atoms with Gasteiger partial charge in [0.2, 0.25) is 5.91 Å². The van der Waals surface area contributed by atoms with E-state index in [1.54, 1.807) is 7.05 Å². The van der Waals surface area contributed by atoms with Gasteiger partial charge in [-0.3, -0.25) is 14.5 Å². The number of imide groups is 1. The normalized spacial score (nSPS) is 18.5. The molecular formula is C22H23F2N3O3. The standard InChI is InChI=1S/C22H23F2N3O3/c1-4-14-5-7-15(8-6-14)12-26(3)19(28)13-27-20(29)22(2,25-21(27)30)17-11-16(23)9-10-18(17)24/h5-11H,4,12-13H2,1-3H3,(H,25,30). The fourth-order valence-electron chi connectivity index (χ4n) is 3.40. The highest BCUT2D eigenvalue weighted by Crippen LogP contribution is 2.31. The Morgan fingerprint density at radius 3 is 2.37 bits per heavy atom. The van der Waals surface area contributed by atoms with Gasteiger partial charge in [-0.15, -0.1) is 0 Å². The van der Waals surface area contributed by atoms with Crippen LogP contribution in [0, 0.1) is 11.6 Å². The third kappa shape index (κ3) is 4.03. The van der Waals surface area contributed by atoms with Gasteiger partial charge in [0.1, 0.15) is 23.7 Å². The van der Waals surface area contributed by atoms with Gasteiger partial charge < -0.3 is 10.2 Å². The lowest BCUT2D eigenvalue weighted by atomic mass is 9.91. The van der Waals surface area contributed by atoms with Gasteiger partial charge >= 0.3 is 6.03 Å². The predicted octanol–water partition coefficient (Wildman–Crippen LogP) is 2.95. The van der Waals surface area contributed by atoms with Gasteiger partial charge in [-0.05, 0) is 42.7 Å². The number of carbonyl (C=O) groups excluding carboxylic acids is 3. The Balaban J connectivity index is 1.72. The topological polar surface area (TPSA) is 69.7 Å². The minimum absolute atomic E-state index is 0.292. The zero-order chi connectivity index (χ0) is 22.1. The Kier molecular flexibility index (Phi) is 5.87. The smallest absolute Gasteiger partial charge is 0.325 e. The van der Waals surface area contributed by atoms with Crippen LogP contribution in [0.2, 0.25) is 0 Å². The Hall–Kier alpha value is -3.29. The monoisotopic (exact) mass is 415 g/mol. The minimum Gasteiger partial charge on any atom is -0.340 e. The molecule has 30 heavy (non-hydrogen) atoms. The van der Waals surface area contributed by atoms with Crippen molar-refractivity contribution in [2.24, 2.45) is 0 Å². The molecule has 2 aromatic carbocycles. The number of carbonyl (C=O) groups is 3. The number of hydrogen-bond acceptors (Lipinski definition) is 3. The first-order valence-electron chi connectivity index (χ1n) is 9.57. The fraction of sp³-hybridized carbons (Fsp3) is 0.318. The molecule has 1 unspecified atom stereocenters. The fourth-order valence-corrected chi connectivity index (χ4v) is 3.40. The van der Waals surface area contributed by atoms with E-state index in [2.05, 4.69) is 5.32 Å². The SMILES string of the molecule is CCc1ccc(CN(C)C(=O)CN2C(=O)NC(C)(c3cc(F)ccc3F)C2=O)cc1. The summed E-state index contributed by atoms with van der Waals surface area (Å²) in [5, 5.41) is 2.38. The van der Waals surface area contributed by atoms with Gasteiger partial charge in [0.15, 0.2) is 0 Å². The van der Waals surface area contributed by atoms with Crippen molar-refractivity contribution in [1.29, 1.82) is 0 Å². The maximum Gasteiger partial charge on any atom is 0.325 e. The summed E-state index contributed by atoms with van der Waals surface area (Å²) in [7, 11) is 1.57. The molecule has 1 N–H and O–H groups in total. The molecule has 0 radical (unpaired) electrons. The molecule has 1 heterocycles. The minimum atomic E-state index is -1.79. The molecule has 1 saturated heterocycles. The zero-order valence-electron chi connectivity index (χ0n) is 17.0. The highest BCUT2D eigenvalue weighted by Gasteiger charge is 2.51. The van der Waals surface area contributed by atoms with Gasteiger partial charge in [0, 0.05) is 19.2 Å². The van der Waals surface area contributed by atoms with E-state index in [1.165, 1.54) is 17.4 Å². The lowest BCUT2D eigenvalue weighted by molar-refractivity contribution is -0.138. The van der Waals surface area contributed by atoms with Crippen molar-refractivity contribution in [2.75, 3.05) is 13.6 Å². The highest BCUT2D eigenvalue weighted by molar-refractivity contribution is 6.09. The summed E-state index contributed by atoms with van der Waals surface area (Å²) in [4.78, 5) is 40.0. The number of urea groups is 1. The molecule has 0 saturated carbocycles. The summed E-state index contributed by atoms with van der Waals surface area (Å²) in [5.41, 5.74) is 0.000911. The Morgan fingerprint density at radius 2 is 1.73 bits per heavy atom. The maximum absolute atomic E-state index is 14.2. The molecule has 1 aliphatic heterocycles. The van der Waals surface area contributed by atoms with Crippen molar-refractivity contribution in [3.8, 4) is 0 Å². The Bertz CT molecular complexity index is 994. The second kappa shape index (κ2) is 8.22. The molecule has 0 aliphatic carbocycles. The van der Waals surface area contributed by atoms with Crippen LogP contribution in [-0.2, 0) is 28.1 Å². The van der Waals surface area contributed by atoms with E-state index in [0.29, 0.717) is 6.54 Å². The van der Waals surface area contributed by atoms with Crippen LogP contribution in [0.4, 0.5) is 13.6 Å². The number of halogens is 2. The van der Waals surface area contributed by atoms with E-state index in [4.69, 9.17) is 0 Å². The van der Waals surface area contributed by atoms with Crippen molar-refractivity contribution in [3.05, 3.63) is 70.8 Å². The quantitative estimate of drug-likeness (QED) is 0.738. The van der Waals surface area contributed by atoms with E-state index in [0.717, 1.165) is 35.1 Å². The maximum atomic E-state index is 14.2. The van der Waals surface area contributed by atoms with E-state index in [9.17, 15) is 23.2 Å². The zero-order valence-corrected chi connectivity index (χ0v) is 17.0. The molecule has 1 atom stereocenters. The molecule has 8 heteroatoms. The summed E-state index contributed by atoms with van der Waals surface area (Å²) in [6.45, 7) is 3.14. The van der Waals surface area contributed by atoms with Crippen LogP contribution in [0.5, 0.6) is 0 Å². The number of nitrogens with one attached hydrogen (secondary N) is 1. The first kappa shape index (κ1) is 21.4. The average Bonchev–Trinajstić information content (AvgIpc) is 2.94. The highest BCUT2D eigenvalue weighted by atomic mass is 19.1. The first-order chi connectivity index (χ1) is 14.2. The van der Waals surface area contributed by atoms with Crippen LogP contribution in [0.15, 0.2) is 42.5 Å².